The number of amides is 3. The summed E-state index contributed by atoms with van der Waals surface area (Å²) in [6.45, 7) is 6.06. The molecular formula is C22H29N7O6S2. The molecule has 0 radical (unpaired) electrons. The van der Waals surface area contributed by atoms with Crippen LogP contribution >= 0.6 is 23.1 Å². The van der Waals surface area contributed by atoms with Crippen LogP contribution in [-0.2, 0) is 24.0 Å². The molecule has 2 aliphatic heterocycles. The van der Waals surface area contributed by atoms with Crippen LogP contribution in [0.15, 0.2) is 34.0 Å². The number of carboxylic acid groups (broad SMARTS) is 1. The maximum atomic E-state index is 13.1. The number of fused-ring (bicyclic) bond motifs is 1. The number of oxime groups is 1. The summed E-state index contributed by atoms with van der Waals surface area (Å²) in [4.78, 5) is 59.2. The number of nitrogens with one attached hydrogen (secondary N) is 1. The van der Waals surface area contributed by atoms with Crippen LogP contribution in [0.5, 0.6) is 0 Å². The summed E-state index contributed by atoms with van der Waals surface area (Å²) < 4.78 is 0.455. The Morgan fingerprint density at radius 2 is 2.08 bits per heavy atom. The van der Waals surface area contributed by atoms with Gasteiger partial charge in [-0.15, -0.1) is 23.1 Å². The number of thiazole rings is 1. The second kappa shape index (κ2) is 11.7. The van der Waals surface area contributed by atoms with Crippen molar-refractivity contribution < 1.29 is 33.6 Å². The second-order valence-electron chi connectivity index (χ2n) is 8.41. The summed E-state index contributed by atoms with van der Waals surface area (Å²) in [5.41, 5.74) is 11.2. The standard InChI is InChI=1S/C22H29N7O6S2/c1-4-29(5-2,8-6-7-14(23)30)9-12-10-36-20-16(19(32)28(20)17(12)21(33)34)26-18(31)15(27-35-3)13-11-37-22(24)25-13/h6-7,11,16,20H,4-5,8-10H2,1-3H3,(H5-,23,24,25,26,30,31,33,34)/b7-6+,27-15-/t16-,20-/m1/s1. The van der Waals surface area contributed by atoms with E-state index >= 15 is 0 Å². The van der Waals surface area contributed by atoms with E-state index in [2.05, 4.69) is 15.5 Å². The lowest BCUT2D eigenvalue weighted by atomic mass is 10.0. The molecule has 15 heteroatoms. The highest BCUT2D eigenvalue weighted by atomic mass is 32.2. The monoisotopic (exact) mass is 551 g/mol. The van der Waals surface area contributed by atoms with Gasteiger partial charge in [0.25, 0.3) is 11.8 Å². The number of likely N-dealkylation sites (N-methyl/N-ethyl adjacent to an activating group) is 1. The SMILES string of the molecule is CC[N+](CC)(C/C=C/C(N)=O)CC1=C(C(=O)[O-])N2C(=O)[C@@H](NC(=O)/C(=N\OC)c3csc(N)n3)[C@H]2SC1. The molecule has 1 aromatic heterocycles. The van der Waals surface area contributed by atoms with Gasteiger partial charge in [-0.05, 0) is 19.9 Å². The van der Waals surface area contributed by atoms with Crippen molar-refractivity contribution in [3.8, 4) is 0 Å². The zero-order valence-corrected chi connectivity index (χ0v) is 22.3. The van der Waals surface area contributed by atoms with E-state index in [1.807, 2.05) is 13.8 Å². The summed E-state index contributed by atoms with van der Waals surface area (Å²) >= 11 is 2.46. The number of rotatable bonds is 12. The first-order chi connectivity index (χ1) is 17.6. The zero-order chi connectivity index (χ0) is 27.3. The van der Waals surface area contributed by atoms with Gasteiger partial charge in [0.05, 0.1) is 31.3 Å². The van der Waals surface area contributed by atoms with E-state index in [1.165, 1.54) is 30.3 Å². The van der Waals surface area contributed by atoms with Crippen LogP contribution in [0, 0.1) is 0 Å². The Balaban J connectivity index is 1.82. The first-order valence-electron chi connectivity index (χ1n) is 11.4. The lowest BCUT2D eigenvalue weighted by Crippen LogP contribution is -2.72. The molecule has 0 bridgehead atoms. The summed E-state index contributed by atoms with van der Waals surface area (Å²) in [5, 5.41) is 19.6. The van der Waals surface area contributed by atoms with Gasteiger partial charge in [0.15, 0.2) is 10.8 Å². The van der Waals surface area contributed by atoms with E-state index < -0.39 is 35.1 Å². The third-order valence-corrected chi connectivity index (χ3v) is 8.35. The molecule has 0 aromatic carbocycles. The number of carbonyl (C=O) groups excluding carboxylic acids is 4. The fourth-order valence-electron chi connectivity index (χ4n) is 4.26. The summed E-state index contributed by atoms with van der Waals surface area (Å²) in [5.74, 6) is -2.98. The van der Waals surface area contributed by atoms with Crippen LogP contribution < -0.4 is 21.9 Å². The number of β-lactam (4-membered cyclic amide) rings is 1. The topological polar surface area (TPSA) is 193 Å². The maximum Gasteiger partial charge on any atom is 0.276 e. The van der Waals surface area contributed by atoms with E-state index in [-0.39, 0.29) is 22.2 Å². The van der Waals surface area contributed by atoms with Crippen molar-refractivity contribution in [2.75, 3.05) is 44.8 Å². The minimum atomic E-state index is -1.46. The maximum absolute atomic E-state index is 13.1. The average molecular weight is 552 g/mol. The van der Waals surface area contributed by atoms with Crippen LogP contribution in [0.3, 0.4) is 0 Å². The van der Waals surface area contributed by atoms with Crippen LogP contribution in [0.25, 0.3) is 0 Å². The molecule has 1 fully saturated rings. The van der Waals surface area contributed by atoms with Crippen molar-refractivity contribution in [2.45, 2.75) is 25.3 Å². The van der Waals surface area contributed by atoms with Crippen molar-refractivity contribution in [1.29, 1.82) is 0 Å². The first kappa shape index (κ1) is 28.1. The molecule has 2 aliphatic rings. The number of nitrogens with zero attached hydrogens (tertiary/aromatic N) is 4. The first-order valence-corrected chi connectivity index (χ1v) is 13.3. The molecule has 5 N–H and O–H groups in total. The zero-order valence-electron chi connectivity index (χ0n) is 20.6. The number of carbonyl (C=O) groups is 4. The predicted molar refractivity (Wildman–Crippen MR) is 137 cm³/mol. The van der Waals surface area contributed by atoms with Gasteiger partial charge >= 0.3 is 0 Å². The van der Waals surface area contributed by atoms with E-state index in [4.69, 9.17) is 16.3 Å². The number of hydrogen-bond donors (Lipinski definition) is 3. The van der Waals surface area contributed by atoms with Gasteiger partial charge in [-0.2, -0.15) is 0 Å². The fourth-order valence-corrected chi connectivity index (χ4v) is 6.15. The average Bonchev–Trinajstić information content (AvgIpc) is 3.29. The number of aliphatic carboxylic acids is 1. The molecule has 3 heterocycles. The van der Waals surface area contributed by atoms with Crippen molar-refractivity contribution >= 4 is 57.6 Å². The molecule has 37 heavy (non-hydrogen) atoms. The van der Waals surface area contributed by atoms with Gasteiger partial charge in [-0.1, -0.05) is 5.16 Å². The van der Waals surface area contributed by atoms with Crippen molar-refractivity contribution in [2.24, 2.45) is 10.9 Å². The predicted octanol–water partition coefficient (Wildman–Crippen LogP) is -1.62. The van der Waals surface area contributed by atoms with E-state index in [1.54, 1.807) is 6.08 Å². The van der Waals surface area contributed by atoms with Crippen molar-refractivity contribution in [3.05, 3.63) is 34.5 Å². The van der Waals surface area contributed by atoms with Gasteiger partial charge in [0.1, 0.15) is 30.8 Å². The third-order valence-electron chi connectivity index (χ3n) is 6.33. The molecule has 200 valence electrons. The minimum absolute atomic E-state index is 0.157. The number of aromatic nitrogens is 1. The quantitative estimate of drug-likeness (QED) is 0.0899. The highest BCUT2D eigenvalue weighted by molar-refractivity contribution is 8.00. The van der Waals surface area contributed by atoms with Crippen LogP contribution in [0.4, 0.5) is 5.13 Å². The Bertz CT molecular complexity index is 1170. The van der Waals surface area contributed by atoms with Crippen LogP contribution in [-0.4, -0.2) is 94.2 Å². The Morgan fingerprint density at radius 3 is 2.62 bits per heavy atom. The molecule has 0 aliphatic carbocycles. The normalized spacial score (nSPS) is 20.0. The minimum Gasteiger partial charge on any atom is -0.543 e. The number of carboxylic acids is 1. The largest absolute Gasteiger partial charge is 0.543 e. The lowest BCUT2D eigenvalue weighted by molar-refractivity contribution is -0.915. The summed E-state index contributed by atoms with van der Waals surface area (Å²) in [6, 6.07) is -0.971. The molecule has 0 spiro atoms. The van der Waals surface area contributed by atoms with Crippen molar-refractivity contribution in [1.82, 2.24) is 15.2 Å². The van der Waals surface area contributed by atoms with Gasteiger partial charge in [0, 0.05) is 22.8 Å². The van der Waals surface area contributed by atoms with Crippen LogP contribution in [0.1, 0.15) is 19.5 Å². The van der Waals surface area contributed by atoms with Gasteiger partial charge in [0.2, 0.25) is 5.91 Å². The van der Waals surface area contributed by atoms with Gasteiger partial charge in [-0.25, -0.2) is 4.98 Å². The number of nitrogens with two attached hydrogens (primary N) is 2. The highest BCUT2D eigenvalue weighted by Crippen LogP contribution is 2.40. The highest BCUT2D eigenvalue weighted by Gasteiger charge is 2.53. The number of primary amides is 1. The summed E-state index contributed by atoms with van der Waals surface area (Å²) in [6.07, 6.45) is 2.95. The van der Waals surface area contributed by atoms with Crippen molar-refractivity contribution in [3.63, 3.8) is 0 Å². The number of nitrogen functional groups attached to an aromatic ring is 1. The van der Waals surface area contributed by atoms with E-state index in [9.17, 15) is 24.3 Å². The molecule has 1 aromatic rings. The molecule has 0 saturated carbocycles. The third kappa shape index (κ3) is 5.94. The number of anilines is 1. The van der Waals surface area contributed by atoms with Crippen LogP contribution in [0.2, 0.25) is 0 Å². The van der Waals surface area contributed by atoms with E-state index in [0.29, 0.717) is 42.0 Å². The number of thioether (sulfide) groups is 1. The van der Waals surface area contributed by atoms with Gasteiger partial charge < -0.3 is 36.0 Å². The Kier molecular flexibility index (Phi) is 8.94. The Morgan fingerprint density at radius 1 is 1.38 bits per heavy atom. The smallest absolute Gasteiger partial charge is 0.276 e. The number of hydrogen-bond acceptors (Lipinski definition) is 11. The summed E-state index contributed by atoms with van der Waals surface area (Å²) in [7, 11) is 1.27. The number of quaternary nitrogens is 1. The second-order valence-corrected chi connectivity index (χ2v) is 10.4. The molecule has 13 nitrogen and oxygen atoms in total. The molecule has 1 saturated heterocycles. The fraction of sp³-hybridized carbons (Fsp3) is 0.455. The van der Waals surface area contributed by atoms with E-state index in [0.717, 1.165) is 16.2 Å². The Hall–Kier alpha value is -3.43. The molecule has 2 atom stereocenters. The Labute approximate surface area is 221 Å². The molecule has 3 amide bonds. The molecule has 0 unspecified atom stereocenters. The lowest BCUT2D eigenvalue weighted by Gasteiger charge is -2.51. The molecule has 3 rings (SSSR count). The van der Waals surface area contributed by atoms with Gasteiger partial charge in [-0.3, -0.25) is 19.3 Å². The molecular weight excluding hydrogens is 522 g/mol.